The summed E-state index contributed by atoms with van der Waals surface area (Å²) in [4.78, 5) is 23.7. The molecule has 0 unspecified atom stereocenters. The fourth-order valence-corrected chi connectivity index (χ4v) is 4.71. The Morgan fingerprint density at radius 1 is 1.02 bits per heavy atom. The third-order valence-corrected chi connectivity index (χ3v) is 6.82. The zero-order chi connectivity index (χ0) is 29.2. The minimum atomic E-state index is -4.79. The second-order valence-electron chi connectivity index (χ2n) is 9.73. The molecule has 1 aliphatic rings. The molecule has 1 aliphatic heterocycles. The summed E-state index contributed by atoms with van der Waals surface area (Å²) in [6.07, 6.45) is -4.00. The Balaban J connectivity index is 1.20. The van der Waals surface area contributed by atoms with Crippen molar-refractivity contribution in [1.82, 2.24) is 9.97 Å². The number of hydrogen-bond donors (Lipinski definition) is 2. The molecule has 1 fully saturated rings. The number of carbonyl (C=O) groups is 1. The van der Waals surface area contributed by atoms with Crippen LogP contribution in [0.5, 0.6) is 11.5 Å². The smallest absolute Gasteiger partial charge is 0.484 e. The van der Waals surface area contributed by atoms with Gasteiger partial charge in [-0.3, -0.25) is 4.79 Å². The van der Waals surface area contributed by atoms with Gasteiger partial charge in [-0.1, -0.05) is 12.1 Å². The number of fused-ring (bicyclic) bond motifs is 1. The number of halogens is 4. The van der Waals surface area contributed by atoms with Crippen molar-refractivity contribution in [3.8, 4) is 11.5 Å². The molecule has 12 heteroatoms. The van der Waals surface area contributed by atoms with Crippen molar-refractivity contribution in [1.29, 1.82) is 0 Å². The SMILES string of the molecule is Cc1nc(N2CCC(O)(c3cccc(F)c3)CC2)nc2ccc(NC(=O)COc3ccc(OC(F)(F)F)cc3)cc12. The van der Waals surface area contributed by atoms with Crippen LogP contribution < -0.4 is 19.7 Å². The van der Waals surface area contributed by atoms with Crippen molar-refractivity contribution in [3.63, 3.8) is 0 Å². The van der Waals surface area contributed by atoms with Crippen molar-refractivity contribution in [2.45, 2.75) is 31.7 Å². The molecular weight excluding hydrogens is 544 g/mol. The van der Waals surface area contributed by atoms with Crippen LogP contribution in [0, 0.1) is 12.7 Å². The zero-order valence-electron chi connectivity index (χ0n) is 21.9. The molecule has 0 atom stereocenters. The Bertz CT molecular complexity index is 1560. The summed E-state index contributed by atoms with van der Waals surface area (Å²) in [6, 6.07) is 16.0. The molecule has 4 aromatic rings. The van der Waals surface area contributed by atoms with Crippen LogP contribution in [0.1, 0.15) is 24.1 Å². The van der Waals surface area contributed by atoms with Crippen molar-refractivity contribution >= 4 is 28.4 Å². The highest BCUT2D eigenvalue weighted by molar-refractivity contribution is 5.95. The van der Waals surface area contributed by atoms with Crippen LogP contribution in [0.15, 0.2) is 66.7 Å². The van der Waals surface area contributed by atoms with Crippen LogP contribution >= 0.6 is 0 Å². The van der Waals surface area contributed by atoms with Crippen LogP contribution in [0.2, 0.25) is 0 Å². The van der Waals surface area contributed by atoms with Gasteiger partial charge in [0.25, 0.3) is 5.91 Å². The summed E-state index contributed by atoms with van der Waals surface area (Å²) < 4.78 is 59.7. The van der Waals surface area contributed by atoms with Gasteiger partial charge < -0.3 is 24.8 Å². The van der Waals surface area contributed by atoms with Crippen LogP contribution in [-0.2, 0) is 10.4 Å². The van der Waals surface area contributed by atoms with Crippen LogP contribution in [0.3, 0.4) is 0 Å². The molecule has 0 bridgehead atoms. The fourth-order valence-electron chi connectivity index (χ4n) is 4.71. The normalized spacial score (nSPS) is 15.0. The number of aryl methyl sites for hydroxylation is 1. The molecule has 5 rings (SSSR count). The number of piperidine rings is 1. The van der Waals surface area contributed by atoms with E-state index in [1.807, 2.05) is 11.8 Å². The van der Waals surface area contributed by atoms with E-state index in [0.717, 1.165) is 17.5 Å². The number of carbonyl (C=O) groups excluding carboxylic acids is 1. The first-order valence-corrected chi connectivity index (χ1v) is 12.8. The Morgan fingerprint density at radius 3 is 2.41 bits per heavy atom. The third-order valence-electron chi connectivity index (χ3n) is 6.82. The highest BCUT2D eigenvalue weighted by Crippen LogP contribution is 2.34. The number of amides is 1. The summed E-state index contributed by atoms with van der Waals surface area (Å²) in [7, 11) is 0. The minimum absolute atomic E-state index is 0.206. The molecule has 2 N–H and O–H groups in total. The van der Waals surface area contributed by atoms with E-state index < -0.39 is 23.6 Å². The van der Waals surface area contributed by atoms with Gasteiger partial charge in [0, 0.05) is 24.2 Å². The highest BCUT2D eigenvalue weighted by Gasteiger charge is 2.35. The van der Waals surface area contributed by atoms with Crippen LogP contribution in [0.25, 0.3) is 10.9 Å². The topological polar surface area (TPSA) is 96.8 Å². The maximum Gasteiger partial charge on any atom is 0.573 e. The number of aromatic nitrogens is 2. The molecule has 0 spiro atoms. The number of anilines is 2. The van der Waals surface area contributed by atoms with Crippen molar-refractivity contribution in [2.75, 3.05) is 29.9 Å². The number of nitrogens with zero attached hydrogens (tertiary/aromatic N) is 3. The van der Waals surface area contributed by atoms with Gasteiger partial charge in [-0.05, 0) is 79.9 Å². The molecule has 1 aromatic heterocycles. The Labute approximate surface area is 232 Å². The monoisotopic (exact) mass is 570 g/mol. The summed E-state index contributed by atoms with van der Waals surface area (Å²) in [5.41, 5.74) is 1.31. The summed E-state index contributed by atoms with van der Waals surface area (Å²) in [5.74, 6) is -0.514. The molecule has 1 saturated heterocycles. The maximum absolute atomic E-state index is 13.7. The van der Waals surface area contributed by atoms with Crippen LogP contribution in [0.4, 0.5) is 29.2 Å². The number of benzene rings is 3. The number of rotatable bonds is 7. The first-order chi connectivity index (χ1) is 19.5. The van der Waals surface area contributed by atoms with E-state index in [2.05, 4.69) is 20.0 Å². The Morgan fingerprint density at radius 2 is 1.73 bits per heavy atom. The molecular formula is C29H26F4N4O4. The highest BCUT2D eigenvalue weighted by atomic mass is 19.4. The lowest BCUT2D eigenvalue weighted by Crippen LogP contribution is -2.43. The van der Waals surface area contributed by atoms with E-state index >= 15 is 0 Å². The summed E-state index contributed by atoms with van der Waals surface area (Å²) in [5, 5.41) is 14.6. The summed E-state index contributed by atoms with van der Waals surface area (Å²) in [6.45, 7) is 2.46. The Kier molecular flexibility index (Phi) is 7.68. The van der Waals surface area contributed by atoms with Gasteiger partial charge in [0.15, 0.2) is 6.61 Å². The standard InChI is InChI=1S/C29H26F4N4O4/c1-18-24-16-21(35-26(38)17-40-22-6-8-23(9-7-22)41-29(31,32)33)5-10-25(24)36-27(34-18)37-13-11-28(39,12-14-37)19-3-2-4-20(30)15-19/h2-10,15-16,39H,11-14,17H2,1H3,(H,35,38). The van der Waals surface area contributed by atoms with E-state index in [4.69, 9.17) is 4.74 Å². The molecule has 3 aromatic carbocycles. The van der Waals surface area contributed by atoms with Gasteiger partial charge in [0.1, 0.15) is 17.3 Å². The van der Waals surface area contributed by atoms with E-state index in [9.17, 15) is 27.5 Å². The van der Waals surface area contributed by atoms with Gasteiger partial charge in [-0.25, -0.2) is 14.4 Å². The van der Waals surface area contributed by atoms with Gasteiger partial charge in [0.05, 0.1) is 16.8 Å². The van der Waals surface area contributed by atoms with Crippen molar-refractivity contribution in [2.24, 2.45) is 0 Å². The third kappa shape index (κ3) is 6.83. The van der Waals surface area contributed by atoms with Gasteiger partial charge in [0.2, 0.25) is 5.95 Å². The predicted molar refractivity (Wildman–Crippen MR) is 143 cm³/mol. The average Bonchev–Trinajstić information content (AvgIpc) is 2.92. The fraction of sp³-hybridized carbons (Fsp3) is 0.276. The van der Waals surface area contributed by atoms with E-state index in [0.29, 0.717) is 54.3 Å². The average molecular weight is 571 g/mol. The molecule has 0 radical (unpaired) electrons. The molecule has 214 valence electrons. The zero-order valence-corrected chi connectivity index (χ0v) is 21.9. The van der Waals surface area contributed by atoms with Crippen LogP contribution in [-0.4, -0.2) is 47.0 Å². The predicted octanol–water partition coefficient (Wildman–Crippen LogP) is 5.48. The first-order valence-electron chi connectivity index (χ1n) is 12.8. The minimum Gasteiger partial charge on any atom is -0.484 e. The lowest BCUT2D eigenvalue weighted by Gasteiger charge is -2.38. The lowest BCUT2D eigenvalue weighted by atomic mass is 9.84. The Hall–Kier alpha value is -4.45. The second kappa shape index (κ2) is 11.2. The largest absolute Gasteiger partial charge is 0.573 e. The van der Waals surface area contributed by atoms with Crippen molar-refractivity contribution < 1.29 is 36.9 Å². The maximum atomic E-state index is 13.7. The molecule has 41 heavy (non-hydrogen) atoms. The first kappa shape index (κ1) is 28.1. The lowest BCUT2D eigenvalue weighted by molar-refractivity contribution is -0.274. The van der Waals surface area contributed by atoms with Gasteiger partial charge in [-0.2, -0.15) is 0 Å². The molecule has 0 saturated carbocycles. The molecule has 2 heterocycles. The van der Waals surface area contributed by atoms with E-state index in [1.54, 1.807) is 30.3 Å². The second-order valence-corrected chi connectivity index (χ2v) is 9.73. The van der Waals surface area contributed by atoms with Gasteiger partial charge >= 0.3 is 6.36 Å². The summed E-state index contributed by atoms with van der Waals surface area (Å²) >= 11 is 0. The number of ether oxygens (including phenoxy) is 2. The number of aliphatic hydroxyl groups is 1. The van der Waals surface area contributed by atoms with Gasteiger partial charge in [-0.15, -0.1) is 13.2 Å². The van der Waals surface area contributed by atoms with E-state index in [-0.39, 0.29) is 18.2 Å². The molecule has 1 amide bonds. The van der Waals surface area contributed by atoms with Crippen molar-refractivity contribution in [3.05, 3.63) is 83.8 Å². The number of hydrogen-bond acceptors (Lipinski definition) is 7. The number of nitrogens with one attached hydrogen (secondary N) is 1. The molecule has 0 aliphatic carbocycles. The molecule has 8 nitrogen and oxygen atoms in total. The number of alkyl halides is 3. The van der Waals surface area contributed by atoms with E-state index in [1.165, 1.54) is 24.3 Å². The quantitative estimate of drug-likeness (QED) is 0.284.